The number of alkyl halides is 1. The van der Waals surface area contributed by atoms with Gasteiger partial charge in [-0.05, 0) is 13.8 Å². The van der Waals surface area contributed by atoms with Gasteiger partial charge >= 0.3 is 0 Å². The Morgan fingerprint density at radius 2 is 1.69 bits per heavy atom. The second kappa shape index (κ2) is 5.18. The van der Waals surface area contributed by atoms with Crippen LogP contribution in [-0.4, -0.2) is 56.2 Å². The normalized spacial score (nSPS) is 23.3. The van der Waals surface area contributed by atoms with E-state index in [2.05, 4.69) is 13.8 Å². The summed E-state index contributed by atoms with van der Waals surface area (Å²) in [4.78, 5) is 1.70. The smallest absolute Gasteiger partial charge is 0.129 e. The molecule has 0 aromatic carbocycles. The van der Waals surface area contributed by atoms with Crippen molar-refractivity contribution in [2.45, 2.75) is 13.8 Å². The molecular weight excluding hydrogens is 184 g/mol. The molecule has 0 aliphatic carbocycles. The van der Waals surface area contributed by atoms with Gasteiger partial charge < -0.3 is 9.38 Å². The molecule has 1 aliphatic heterocycles. The van der Waals surface area contributed by atoms with Crippen LogP contribution in [0.25, 0.3) is 0 Å². The van der Waals surface area contributed by atoms with Crippen molar-refractivity contribution < 1.29 is 9.38 Å². The average Bonchev–Trinajstić information content (AvgIpc) is 2.20. The van der Waals surface area contributed by atoms with Crippen LogP contribution in [0, 0.1) is 0 Å². The Morgan fingerprint density at radius 3 is 2.08 bits per heavy atom. The van der Waals surface area contributed by atoms with Gasteiger partial charge in [-0.15, -0.1) is 11.6 Å². The Morgan fingerprint density at radius 1 is 1.15 bits per heavy atom. The molecule has 1 aliphatic rings. The van der Waals surface area contributed by atoms with Crippen LogP contribution >= 0.6 is 11.6 Å². The number of nitrogens with one attached hydrogen (secondary N) is 1. The molecular formula is C10H23ClN2+2. The van der Waals surface area contributed by atoms with Crippen LogP contribution in [0.1, 0.15) is 13.8 Å². The highest BCUT2D eigenvalue weighted by atomic mass is 35.5. The van der Waals surface area contributed by atoms with Gasteiger partial charge in [0.15, 0.2) is 0 Å². The van der Waals surface area contributed by atoms with E-state index in [0.717, 1.165) is 12.4 Å². The van der Waals surface area contributed by atoms with E-state index >= 15 is 0 Å². The third-order valence-corrected chi connectivity index (χ3v) is 3.86. The van der Waals surface area contributed by atoms with Gasteiger partial charge in [0.1, 0.15) is 26.2 Å². The minimum Gasteiger partial charge on any atom is -0.325 e. The first kappa shape index (κ1) is 11.3. The van der Waals surface area contributed by atoms with E-state index in [1.165, 1.54) is 43.8 Å². The van der Waals surface area contributed by atoms with E-state index in [-0.39, 0.29) is 0 Å². The molecule has 0 saturated carbocycles. The molecule has 1 saturated heterocycles. The van der Waals surface area contributed by atoms with E-state index in [1.54, 1.807) is 4.90 Å². The minimum atomic E-state index is 0.813. The summed E-state index contributed by atoms with van der Waals surface area (Å²) in [6.45, 7) is 13.7. The molecule has 1 rings (SSSR count). The number of hydrogen-bond acceptors (Lipinski definition) is 0. The van der Waals surface area contributed by atoms with Crippen molar-refractivity contribution in [1.82, 2.24) is 0 Å². The average molecular weight is 207 g/mol. The highest BCUT2D eigenvalue weighted by Gasteiger charge is 2.31. The van der Waals surface area contributed by atoms with Crippen LogP contribution in [0.5, 0.6) is 0 Å². The van der Waals surface area contributed by atoms with Crippen LogP contribution in [0.2, 0.25) is 0 Å². The van der Waals surface area contributed by atoms with Crippen molar-refractivity contribution in [3.8, 4) is 0 Å². The Labute approximate surface area is 87.1 Å². The van der Waals surface area contributed by atoms with Gasteiger partial charge in [-0.3, -0.25) is 0 Å². The van der Waals surface area contributed by atoms with Gasteiger partial charge in [-0.25, -0.2) is 0 Å². The zero-order valence-corrected chi connectivity index (χ0v) is 9.74. The fourth-order valence-electron chi connectivity index (χ4n) is 2.27. The zero-order valence-electron chi connectivity index (χ0n) is 8.98. The van der Waals surface area contributed by atoms with Crippen LogP contribution in [0.15, 0.2) is 0 Å². The molecule has 1 fully saturated rings. The minimum absolute atomic E-state index is 0.813. The van der Waals surface area contributed by atoms with Gasteiger partial charge in [-0.2, -0.15) is 0 Å². The van der Waals surface area contributed by atoms with Crippen molar-refractivity contribution in [2.24, 2.45) is 0 Å². The van der Waals surface area contributed by atoms with E-state index in [4.69, 9.17) is 11.6 Å². The molecule has 0 bridgehead atoms. The summed E-state index contributed by atoms with van der Waals surface area (Å²) in [6, 6.07) is 0. The van der Waals surface area contributed by atoms with Crippen LogP contribution in [0.4, 0.5) is 0 Å². The third-order valence-electron chi connectivity index (χ3n) is 3.67. The standard InChI is InChI=1S/C10H22ClN2/c1-3-13(4-2)9-7-12(6-5-11)8-10-13/h3-10H2,1-2H3/q+1/p+1. The Kier molecular flexibility index (Phi) is 4.50. The molecule has 0 spiro atoms. The van der Waals surface area contributed by atoms with E-state index < -0.39 is 0 Å². The van der Waals surface area contributed by atoms with Crippen molar-refractivity contribution in [1.29, 1.82) is 0 Å². The van der Waals surface area contributed by atoms with E-state index in [9.17, 15) is 0 Å². The molecule has 1 N–H and O–H groups in total. The molecule has 0 radical (unpaired) electrons. The molecule has 3 heteroatoms. The summed E-state index contributed by atoms with van der Waals surface area (Å²) < 4.78 is 1.33. The highest BCUT2D eigenvalue weighted by molar-refractivity contribution is 6.17. The first-order valence-electron chi connectivity index (χ1n) is 5.51. The Balaban J connectivity index is 2.36. The molecule has 0 atom stereocenters. The number of quaternary nitrogens is 2. The topological polar surface area (TPSA) is 4.44 Å². The maximum absolute atomic E-state index is 5.75. The molecule has 78 valence electrons. The van der Waals surface area contributed by atoms with E-state index in [0.29, 0.717) is 0 Å². The SMILES string of the molecule is CC[N+]1(CC)CC[NH+](CCCl)CC1. The largest absolute Gasteiger partial charge is 0.325 e. The summed E-state index contributed by atoms with van der Waals surface area (Å²) in [7, 11) is 0. The number of piperazine rings is 1. The summed E-state index contributed by atoms with van der Waals surface area (Å²) in [6.07, 6.45) is 0. The fraction of sp³-hybridized carbons (Fsp3) is 1.00. The number of halogens is 1. The van der Waals surface area contributed by atoms with Crippen LogP contribution in [-0.2, 0) is 0 Å². The van der Waals surface area contributed by atoms with Gasteiger partial charge in [-0.1, -0.05) is 0 Å². The van der Waals surface area contributed by atoms with Crippen LogP contribution < -0.4 is 4.90 Å². The van der Waals surface area contributed by atoms with Crippen LogP contribution in [0.3, 0.4) is 0 Å². The number of likely N-dealkylation sites (N-methyl/N-ethyl adjacent to an activating group) is 1. The van der Waals surface area contributed by atoms with Gasteiger partial charge in [0.05, 0.1) is 25.5 Å². The van der Waals surface area contributed by atoms with E-state index in [1.807, 2.05) is 0 Å². The predicted molar refractivity (Wildman–Crippen MR) is 57.4 cm³/mol. The predicted octanol–water partition coefficient (Wildman–Crippen LogP) is -0.0197. The summed E-state index contributed by atoms with van der Waals surface area (Å²) in [5, 5.41) is 0. The Bertz CT molecular complexity index is 136. The zero-order chi connectivity index (χ0) is 9.73. The van der Waals surface area contributed by atoms with Gasteiger partial charge in [0, 0.05) is 0 Å². The molecule has 0 amide bonds. The second-order valence-corrected chi connectivity index (χ2v) is 4.49. The molecule has 2 nitrogen and oxygen atoms in total. The van der Waals surface area contributed by atoms with Gasteiger partial charge in [0.2, 0.25) is 0 Å². The van der Waals surface area contributed by atoms with Crippen molar-refractivity contribution in [3.63, 3.8) is 0 Å². The van der Waals surface area contributed by atoms with Crippen molar-refractivity contribution >= 4 is 11.6 Å². The lowest BCUT2D eigenvalue weighted by atomic mass is 10.2. The first-order chi connectivity index (χ1) is 6.26. The summed E-state index contributed by atoms with van der Waals surface area (Å²) in [5.74, 6) is 0.813. The van der Waals surface area contributed by atoms with Gasteiger partial charge in [0.25, 0.3) is 0 Å². The Hall–Kier alpha value is 0.210. The quantitative estimate of drug-likeness (QED) is 0.487. The maximum atomic E-state index is 5.75. The summed E-state index contributed by atoms with van der Waals surface area (Å²) >= 11 is 5.75. The monoisotopic (exact) mass is 206 g/mol. The molecule has 0 unspecified atom stereocenters. The lowest BCUT2D eigenvalue weighted by molar-refractivity contribution is -1.02. The summed E-state index contributed by atoms with van der Waals surface area (Å²) in [5.41, 5.74) is 0. The molecule has 13 heavy (non-hydrogen) atoms. The number of nitrogens with zero attached hydrogens (tertiary/aromatic N) is 1. The lowest BCUT2D eigenvalue weighted by Gasteiger charge is -2.41. The number of rotatable bonds is 4. The van der Waals surface area contributed by atoms with Crippen molar-refractivity contribution in [2.75, 3.05) is 51.7 Å². The lowest BCUT2D eigenvalue weighted by Crippen LogP contribution is -3.15. The number of hydrogen-bond donors (Lipinski definition) is 1. The highest BCUT2D eigenvalue weighted by Crippen LogP contribution is 2.05. The maximum Gasteiger partial charge on any atom is 0.129 e. The second-order valence-electron chi connectivity index (χ2n) is 4.11. The third kappa shape index (κ3) is 2.83. The fourth-order valence-corrected chi connectivity index (χ4v) is 2.53. The van der Waals surface area contributed by atoms with Crippen molar-refractivity contribution in [3.05, 3.63) is 0 Å². The molecule has 1 heterocycles. The molecule has 0 aromatic rings. The first-order valence-corrected chi connectivity index (χ1v) is 6.04. The molecule has 0 aromatic heterocycles.